The Bertz CT molecular complexity index is 1260. The molecule has 3 aromatic rings. The van der Waals surface area contributed by atoms with E-state index in [1.807, 2.05) is 12.1 Å². The second kappa shape index (κ2) is 7.56. The Morgan fingerprint density at radius 1 is 1.24 bits per heavy atom. The van der Waals surface area contributed by atoms with Crippen molar-refractivity contribution in [2.75, 3.05) is 14.2 Å². The van der Waals surface area contributed by atoms with Crippen LogP contribution in [0, 0.1) is 0 Å². The monoisotopic (exact) mass is 410 g/mol. The van der Waals surface area contributed by atoms with E-state index in [1.54, 1.807) is 50.8 Å². The Kier molecular flexibility index (Phi) is 4.94. The Labute approximate surface area is 169 Å². The molecule has 0 bridgehead atoms. The van der Waals surface area contributed by atoms with Crippen LogP contribution in [-0.4, -0.2) is 24.8 Å². The maximum absolute atomic E-state index is 13.3. The predicted molar refractivity (Wildman–Crippen MR) is 107 cm³/mol. The maximum Gasteiger partial charge on any atom is 0.338 e. The molecule has 0 aliphatic carbocycles. The molecule has 0 radical (unpaired) electrons. The zero-order chi connectivity index (χ0) is 20.5. The first kappa shape index (κ1) is 18.9. The van der Waals surface area contributed by atoms with Crippen LogP contribution in [0.15, 0.2) is 68.3 Å². The van der Waals surface area contributed by atoms with Crippen LogP contribution in [-0.2, 0) is 9.53 Å². The second-order valence-corrected chi connectivity index (χ2v) is 7.41. The molecule has 148 valence electrons. The first-order valence-corrected chi connectivity index (χ1v) is 9.62. The van der Waals surface area contributed by atoms with Crippen LogP contribution < -0.4 is 19.6 Å². The number of thiazole rings is 1. The predicted octanol–water partition coefficient (Wildman–Crippen LogP) is 2.01. The smallest absolute Gasteiger partial charge is 0.338 e. The van der Waals surface area contributed by atoms with Gasteiger partial charge in [-0.1, -0.05) is 23.5 Å². The van der Waals surface area contributed by atoms with Crippen LogP contribution in [0.2, 0.25) is 0 Å². The van der Waals surface area contributed by atoms with Gasteiger partial charge in [0.15, 0.2) is 4.80 Å². The maximum atomic E-state index is 13.3. The first-order valence-electron chi connectivity index (χ1n) is 8.80. The number of hydrogen-bond donors (Lipinski definition) is 0. The molecule has 0 saturated carbocycles. The number of benzene rings is 1. The van der Waals surface area contributed by atoms with E-state index < -0.39 is 12.0 Å². The van der Waals surface area contributed by atoms with E-state index in [0.717, 1.165) is 11.1 Å². The molecule has 0 spiro atoms. The average Bonchev–Trinajstić information content (AvgIpc) is 3.35. The number of nitrogens with zero attached hydrogens (tertiary/aromatic N) is 2. The summed E-state index contributed by atoms with van der Waals surface area (Å²) in [6, 6.07) is 8.37. The van der Waals surface area contributed by atoms with Gasteiger partial charge in [0.2, 0.25) is 0 Å². The summed E-state index contributed by atoms with van der Waals surface area (Å²) in [5, 5.41) is 0. The standard InChI is InChI=1S/C21H18N2O5S/c1-12-17(20(25)27-3)18(14-4-6-15(26-2)7-5-14)23-19(24)16(29-21(23)22-12)10-13-8-9-28-11-13/h4-11,18H,1-3H3/b16-10+/t18-/m0/s1. The molecule has 1 atom stereocenters. The van der Waals surface area contributed by atoms with Gasteiger partial charge in [-0.2, -0.15) is 0 Å². The lowest BCUT2D eigenvalue weighted by atomic mass is 9.96. The number of methoxy groups -OCH3 is 2. The van der Waals surface area contributed by atoms with Crippen molar-refractivity contribution in [2.45, 2.75) is 13.0 Å². The number of esters is 1. The van der Waals surface area contributed by atoms with E-state index in [-0.39, 0.29) is 5.56 Å². The normalized spacial score (nSPS) is 16.4. The summed E-state index contributed by atoms with van der Waals surface area (Å²) < 4.78 is 17.3. The Morgan fingerprint density at radius 3 is 2.62 bits per heavy atom. The lowest BCUT2D eigenvalue weighted by Gasteiger charge is -2.24. The van der Waals surface area contributed by atoms with Crippen LogP contribution in [0.4, 0.5) is 0 Å². The van der Waals surface area contributed by atoms with Crippen molar-refractivity contribution in [1.29, 1.82) is 0 Å². The molecular weight excluding hydrogens is 392 g/mol. The van der Waals surface area contributed by atoms with Gasteiger partial charge in [0.05, 0.1) is 48.6 Å². The van der Waals surface area contributed by atoms with E-state index >= 15 is 0 Å². The van der Waals surface area contributed by atoms with Crippen LogP contribution in [0.3, 0.4) is 0 Å². The van der Waals surface area contributed by atoms with Crippen LogP contribution in [0.25, 0.3) is 6.08 Å². The first-order chi connectivity index (χ1) is 14.0. The Morgan fingerprint density at radius 2 is 2.00 bits per heavy atom. The summed E-state index contributed by atoms with van der Waals surface area (Å²) in [5.41, 5.74) is 2.16. The highest BCUT2D eigenvalue weighted by molar-refractivity contribution is 7.07. The number of ether oxygens (including phenoxy) is 2. The molecule has 29 heavy (non-hydrogen) atoms. The zero-order valence-electron chi connectivity index (χ0n) is 16.0. The SMILES string of the molecule is COC(=O)C1=C(C)N=c2s/c(=C/c3ccoc3)c(=O)n2[C@H]1c1ccc(OC)cc1. The quantitative estimate of drug-likeness (QED) is 0.615. The van der Waals surface area contributed by atoms with Gasteiger partial charge in [-0.05, 0) is 36.8 Å². The summed E-state index contributed by atoms with van der Waals surface area (Å²) in [7, 11) is 2.90. The molecule has 4 rings (SSSR count). The molecule has 0 fully saturated rings. The van der Waals surface area contributed by atoms with Crippen LogP contribution >= 0.6 is 11.3 Å². The Balaban J connectivity index is 1.97. The van der Waals surface area contributed by atoms with Gasteiger partial charge in [0.1, 0.15) is 5.75 Å². The molecule has 0 amide bonds. The van der Waals surface area contributed by atoms with Crippen LogP contribution in [0.1, 0.15) is 24.1 Å². The summed E-state index contributed by atoms with van der Waals surface area (Å²) in [4.78, 5) is 30.9. The molecule has 1 aromatic carbocycles. The van der Waals surface area contributed by atoms with Gasteiger partial charge in [-0.15, -0.1) is 0 Å². The van der Waals surface area contributed by atoms with Crippen LogP contribution in [0.5, 0.6) is 5.75 Å². The average molecular weight is 410 g/mol. The van der Waals surface area contributed by atoms with Crippen molar-refractivity contribution >= 4 is 23.4 Å². The van der Waals surface area contributed by atoms with Crippen molar-refractivity contribution in [2.24, 2.45) is 4.99 Å². The third-order valence-electron chi connectivity index (χ3n) is 4.70. The minimum absolute atomic E-state index is 0.232. The number of furan rings is 1. The topological polar surface area (TPSA) is 83.0 Å². The number of fused-ring (bicyclic) bond motifs is 1. The van der Waals surface area contributed by atoms with Gasteiger partial charge in [0, 0.05) is 5.56 Å². The van der Waals surface area contributed by atoms with Crippen molar-refractivity contribution in [1.82, 2.24) is 4.57 Å². The molecule has 3 heterocycles. The molecular formula is C21H18N2O5S. The molecule has 1 aliphatic heterocycles. The van der Waals surface area contributed by atoms with E-state index in [2.05, 4.69) is 4.99 Å². The van der Waals surface area contributed by atoms with Crippen molar-refractivity contribution in [3.63, 3.8) is 0 Å². The summed E-state index contributed by atoms with van der Waals surface area (Å²) in [5.74, 6) is 0.164. The van der Waals surface area contributed by atoms with Gasteiger partial charge in [-0.3, -0.25) is 9.36 Å². The zero-order valence-corrected chi connectivity index (χ0v) is 16.9. The highest BCUT2D eigenvalue weighted by Gasteiger charge is 2.33. The second-order valence-electron chi connectivity index (χ2n) is 6.40. The fourth-order valence-corrected chi connectivity index (χ4v) is 4.35. The van der Waals surface area contributed by atoms with E-state index in [1.165, 1.54) is 23.0 Å². The third-order valence-corrected chi connectivity index (χ3v) is 5.68. The summed E-state index contributed by atoms with van der Waals surface area (Å²) in [6.07, 6.45) is 4.85. The van der Waals surface area contributed by atoms with E-state index in [9.17, 15) is 9.59 Å². The molecule has 0 N–H and O–H groups in total. The minimum atomic E-state index is -0.642. The lowest BCUT2D eigenvalue weighted by molar-refractivity contribution is -0.136. The number of carbonyl (C=O) groups is 1. The highest BCUT2D eigenvalue weighted by atomic mass is 32.1. The van der Waals surface area contributed by atoms with Crippen molar-refractivity contribution in [3.8, 4) is 5.75 Å². The summed E-state index contributed by atoms with van der Waals surface area (Å²) in [6.45, 7) is 1.75. The van der Waals surface area contributed by atoms with Crippen molar-refractivity contribution < 1.29 is 18.7 Å². The fourth-order valence-electron chi connectivity index (χ4n) is 3.30. The van der Waals surface area contributed by atoms with E-state index in [0.29, 0.717) is 26.4 Å². The Hall–Kier alpha value is -3.39. The molecule has 1 aliphatic rings. The number of allylic oxidation sites excluding steroid dienone is 1. The number of carbonyl (C=O) groups excluding carboxylic acids is 1. The van der Waals surface area contributed by atoms with Crippen molar-refractivity contribution in [3.05, 3.63) is 84.9 Å². The molecule has 7 nitrogen and oxygen atoms in total. The minimum Gasteiger partial charge on any atom is -0.497 e. The largest absolute Gasteiger partial charge is 0.497 e. The number of rotatable bonds is 4. The highest BCUT2D eigenvalue weighted by Crippen LogP contribution is 2.31. The number of aromatic nitrogens is 1. The summed E-state index contributed by atoms with van der Waals surface area (Å²) >= 11 is 1.27. The number of hydrogen-bond acceptors (Lipinski definition) is 7. The van der Waals surface area contributed by atoms with Gasteiger partial charge in [-0.25, -0.2) is 9.79 Å². The van der Waals surface area contributed by atoms with Gasteiger partial charge in [0.25, 0.3) is 5.56 Å². The fraction of sp³-hybridized carbons (Fsp3) is 0.190. The van der Waals surface area contributed by atoms with Gasteiger partial charge >= 0.3 is 5.97 Å². The molecule has 0 saturated heterocycles. The lowest BCUT2D eigenvalue weighted by Crippen LogP contribution is -2.39. The third kappa shape index (κ3) is 3.31. The molecule has 8 heteroatoms. The van der Waals surface area contributed by atoms with E-state index in [4.69, 9.17) is 13.9 Å². The van der Waals surface area contributed by atoms with Gasteiger partial charge < -0.3 is 13.9 Å². The molecule has 2 aromatic heterocycles. The molecule has 0 unspecified atom stereocenters.